The SMILES string of the molecule is CS(=O)(=O)c1cccc(Nc2cc(Br)ccc2Cl)c1N. The zero-order chi connectivity index (χ0) is 14.9. The highest BCUT2D eigenvalue weighted by atomic mass is 79.9. The molecule has 0 aliphatic carbocycles. The van der Waals surface area contributed by atoms with Crippen molar-refractivity contribution in [3.05, 3.63) is 45.9 Å². The quantitative estimate of drug-likeness (QED) is 0.800. The molecule has 0 unspecified atom stereocenters. The van der Waals surface area contributed by atoms with Gasteiger partial charge in [-0.3, -0.25) is 0 Å². The Kier molecular flexibility index (Phi) is 4.27. The number of sulfone groups is 1. The molecule has 0 heterocycles. The van der Waals surface area contributed by atoms with Crippen molar-refractivity contribution in [1.29, 1.82) is 0 Å². The van der Waals surface area contributed by atoms with Gasteiger partial charge in [0.2, 0.25) is 0 Å². The molecule has 0 saturated carbocycles. The number of hydrogen-bond donors (Lipinski definition) is 2. The number of para-hydroxylation sites is 1. The van der Waals surface area contributed by atoms with Gasteiger partial charge < -0.3 is 11.1 Å². The van der Waals surface area contributed by atoms with E-state index < -0.39 is 9.84 Å². The highest BCUT2D eigenvalue weighted by molar-refractivity contribution is 9.10. The number of rotatable bonds is 3. The Labute approximate surface area is 131 Å². The van der Waals surface area contributed by atoms with E-state index in [9.17, 15) is 8.42 Å². The number of nitrogens with two attached hydrogens (primary N) is 1. The first-order chi connectivity index (χ1) is 9.29. The third kappa shape index (κ3) is 3.26. The van der Waals surface area contributed by atoms with E-state index in [2.05, 4.69) is 21.2 Å². The highest BCUT2D eigenvalue weighted by Gasteiger charge is 2.14. The monoisotopic (exact) mass is 374 g/mol. The summed E-state index contributed by atoms with van der Waals surface area (Å²) >= 11 is 9.43. The Hall–Kier alpha value is -1.24. The summed E-state index contributed by atoms with van der Waals surface area (Å²) in [4.78, 5) is 0.0913. The first-order valence-corrected chi connectivity index (χ1v) is 8.66. The first-order valence-electron chi connectivity index (χ1n) is 5.59. The smallest absolute Gasteiger partial charge is 0.177 e. The van der Waals surface area contributed by atoms with Gasteiger partial charge in [0.05, 0.1) is 27.0 Å². The molecule has 0 bridgehead atoms. The fraction of sp³-hybridized carbons (Fsp3) is 0.0769. The number of nitrogens with one attached hydrogen (secondary N) is 1. The van der Waals surface area contributed by atoms with Gasteiger partial charge in [0, 0.05) is 10.7 Å². The lowest BCUT2D eigenvalue weighted by molar-refractivity contribution is 0.602. The minimum Gasteiger partial charge on any atom is -0.396 e. The van der Waals surface area contributed by atoms with Crippen LogP contribution < -0.4 is 11.1 Å². The zero-order valence-electron chi connectivity index (χ0n) is 10.5. The second-order valence-electron chi connectivity index (χ2n) is 4.24. The van der Waals surface area contributed by atoms with Gasteiger partial charge in [-0.25, -0.2) is 8.42 Å². The van der Waals surface area contributed by atoms with E-state index in [1.54, 1.807) is 24.3 Å². The summed E-state index contributed by atoms with van der Waals surface area (Å²) < 4.78 is 24.1. The minimum atomic E-state index is -3.37. The van der Waals surface area contributed by atoms with Gasteiger partial charge in [0.15, 0.2) is 9.84 Å². The lowest BCUT2D eigenvalue weighted by atomic mass is 10.2. The molecule has 4 nitrogen and oxygen atoms in total. The molecule has 0 amide bonds. The van der Waals surface area contributed by atoms with E-state index in [4.69, 9.17) is 17.3 Å². The summed E-state index contributed by atoms with van der Waals surface area (Å²) in [5.41, 5.74) is 7.21. The number of halogens is 2. The molecular formula is C13H12BrClN2O2S. The molecule has 2 aromatic carbocycles. The number of hydrogen-bond acceptors (Lipinski definition) is 4. The van der Waals surface area contributed by atoms with Crippen molar-refractivity contribution in [3.63, 3.8) is 0 Å². The average Bonchev–Trinajstić information content (AvgIpc) is 2.35. The molecule has 2 rings (SSSR count). The average molecular weight is 376 g/mol. The third-order valence-corrected chi connectivity index (χ3v) is 4.64. The van der Waals surface area contributed by atoms with E-state index in [-0.39, 0.29) is 10.6 Å². The molecule has 106 valence electrons. The summed E-state index contributed by atoms with van der Waals surface area (Å²) in [7, 11) is -3.37. The molecule has 3 N–H and O–H groups in total. The predicted molar refractivity (Wildman–Crippen MR) is 86.4 cm³/mol. The van der Waals surface area contributed by atoms with Crippen LogP contribution in [0.2, 0.25) is 5.02 Å². The number of anilines is 3. The lowest BCUT2D eigenvalue weighted by Gasteiger charge is -2.13. The van der Waals surface area contributed by atoms with Crippen LogP contribution >= 0.6 is 27.5 Å². The molecule has 0 aliphatic heterocycles. The fourth-order valence-electron chi connectivity index (χ4n) is 1.71. The van der Waals surface area contributed by atoms with Crippen molar-refractivity contribution in [3.8, 4) is 0 Å². The summed E-state index contributed by atoms with van der Waals surface area (Å²) in [6.45, 7) is 0. The lowest BCUT2D eigenvalue weighted by Crippen LogP contribution is -2.05. The zero-order valence-corrected chi connectivity index (χ0v) is 13.7. The fourth-order valence-corrected chi connectivity index (χ4v) is 3.08. The maximum Gasteiger partial charge on any atom is 0.177 e. The second-order valence-corrected chi connectivity index (χ2v) is 7.55. The van der Waals surface area contributed by atoms with E-state index in [0.717, 1.165) is 10.7 Å². The first kappa shape index (κ1) is 15.2. The summed E-state index contributed by atoms with van der Waals surface area (Å²) in [5, 5.41) is 3.55. The molecule has 7 heteroatoms. The van der Waals surface area contributed by atoms with Crippen molar-refractivity contribution in [2.24, 2.45) is 0 Å². The van der Waals surface area contributed by atoms with E-state index in [1.165, 1.54) is 6.07 Å². The van der Waals surface area contributed by atoms with Crippen LogP contribution in [-0.2, 0) is 9.84 Å². The van der Waals surface area contributed by atoms with Crippen LogP contribution in [0.5, 0.6) is 0 Å². The predicted octanol–water partition coefficient (Wildman–Crippen LogP) is 3.83. The van der Waals surface area contributed by atoms with Crippen molar-refractivity contribution < 1.29 is 8.42 Å². The van der Waals surface area contributed by atoms with Crippen LogP contribution in [0.1, 0.15) is 0 Å². The second kappa shape index (κ2) is 5.63. The largest absolute Gasteiger partial charge is 0.396 e. The van der Waals surface area contributed by atoms with Crippen LogP contribution in [0.3, 0.4) is 0 Å². The summed E-state index contributed by atoms with van der Waals surface area (Å²) in [5.74, 6) is 0. The van der Waals surface area contributed by atoms with E-state index in [0.29, 0.717) is 16.4 Å². The maximum absolute atomic E-state index is 11.6. The molecule has 0 spiro atoms. The van der Waals surface area contributed by atoms with Crippen molar-refractivity contribution >= 4 is 54.4 Å². The normalized spacial score (nSPS) is 11.3. The van der Waals surface area contributed by atoms with E-state index in [1.807, 2.05) is 6.07 Å². The number of benzene rings is 2. The van der Waals surface area contributed by atoms with Crippen LogP contribution in [0, 0.1) is 0 Å². The van der Waals surface area contributed by atoms with Crippen molar-refractivity contribution in [1.82, 2.24) is 0 Å². The molecule has 0 fully saturated rings. The Bertz CT molecular complexity index is 763. The maximum atomic E-state index is 11.6. The Balaban J connectivity index is 2.47. The van der Waals surface area contributed by atoms with Gasteiger partial charge in [-0.1, -0.05) is 33.6 Å². The molecule has 0 radical (unpaired) electrons. The minimum absolute atomic E-state index is 0.0913. The Morgan fingerprint density at radius 1 is 1.20 bits per heavy atom. The Morgan fingerprint density at radius 2 is 1.90 bits per heavy atom. The Morgan fingerprint density at radius 3 is 2.55 bits per heavy atom. The van der Waals surface area contributed by atoms with Gasteiger partial charge in [-0.05, 0) is 30.3 Å². The van der Waals surface area contributed by atoms with Gasteiger partial charge in [-0.2, -0.15) is 0 Å². The van der Waals surface area contributed by atoms with Gasteiger partial charge in [0.1, 0.15) is 0 Å². The summed E-state index contributed by atoms with van der Waals surface area (Å²) in [6, 6.07) is 10.1. The van der Waals surface area contributed by atoms with Crippen LogP contribution in [0.15, 0.2) is 45.8 Å². The van der Waals surface area contributed by atoms with Crippen molar-refractivity contribution in [2.75, 3.05) is 17.3 Å². The highest BCUT2D eigenvalue weighted by Crippen LogP contribution is 2.33. The molecule has 0 aromatic heterocycles. The van der Waals surface area contributed by atoms with Crippen molar-refractivity contribution in [2.45, 2.75) is 4.90 Å². The molecule has 0 atom stereocenters. The van der Waals surface area contributed by atoms with Crippen LogP contribution in [-0.4, -0.2) is 14.7 Å². The van der Waals surface area contributed by atoms with Gasteiger partial charge >= 0.3 is 0 Å². The standard InChI is InChI=1S/C13H12BrClN2O2S/c1-20(18,19)12-4-2-3-10(13(12)16)17-11-7-8(14)5-6-9(11)15/h2-7,17H,16H2,1H3. The third-order valence-electron chi connectivity index (χ3n) is 2.66. The van der Waals surface area contributed by atoms with Gasteiger partial charge in [-0.15, -0.1) is 0 Å². The van der Waals surface area contributed by atoms with Gasteiger partial charge in [0.25, 0.3) is 0 Å². The molecule has 2 aromatic rings. The summed E-state index contributed by atoms with van der Waals surface area (Å²) in [6.07, 6.45) is 1.12. The molecule has 0 aliphatic rings. The van der Waals surface area contributed by atoms with Crippen LogP contribution in [0.25, 0.3) is 0 Å². The van der Waals surface area contributed by atoms with Crippen LogP contribution in [0.4, 0.5) is 17.1 Å². The number of nitrogen functional groups attached to an aromatic ring is 1. The van der Waals surface area contributed by atoms with E-state index >= 15 is 0 Å². The molecule has 0 saturated heterocycles. The molecule has 20 heavy (non-hydrogen) atoms. The molecular weight excluding hydrogens is 364 g/mol. The topological polar surface area (TPSA) is 72.2 Å².